The van der Waals surface area contributed by atoms with Crippen molar-refractivity contribution >= 4 is 11.6 Å². The highest BCUT2D eigenvalue weighted by Gasteiger charge is 2.31. The predicted octanol–water partition coefficient (Wildman–Crippen LogP) is 2.92. The first-order chi connectivity index (χ1) is 7.08. The number of hydrogen-bond acceptors (Lipinski definition) is 1. The van der Waals surface area contributed by atoms with Gasteiger partial charge in [-0.05, 0) is 44.1 Å². The molecule has 3 unspecified atom stereocenters. The molecule has 0 N–H and O–H groups in total. The number of halogens is 1. The van der Waals surface area contributed by atoms with E-state index in [4.69, 9.17) is 11.6 Å². The molecule has 1 aliphatic carbocycles. The van der Waals surface area contributed by atoms with Crippen molar-refractivity contribution in [3.63, 3.8) is 0 Å². The number of aromatic nitrogens is 2. The number of hydrogen-bond donors (Lipinski definition) is 0. The molecule has 1 aromatic rings. The number of nitrogens with zero attached hydrogens (tertiary/aromatic N) is 2. The lowest BCUT2D eigenvalue weighted by Gasteiger charge is -2.16. The summed E-state index contributed by atoms with van der Waals surface area (Å²) in [5.74, 6) is 1.38. The molecule has 1 heterocycles. The molecule has 0 aliphatic heterocycles. The first-order valence-corrected chi connectivity index (χ1v) is 6.15. The Balaban J connectivity index is 2.06. The number of aryl methyl sites for hydroxylation is 2. The lowest BCUT2D eigenvalue weighted by molar-refractivity contribution is 0.409. The SMILES string of the molecule is Cc1cc(CC2CCC(Cl)C2C)n(C)n1. The first-order valence-electron chi connectivity index (χ1n) is 5.71. The van der Waals surface area contributed by atoms with Crippen LogP contribution in [-0.4, -0.2) is 15.2 Å². The van der Waals surface area contributed by atoms with Crippen LogP contribution in [0.4, 0.5) is 0 Å². The molecule has 84 valence electrons. The summed E-state index contributed by atoms with van der Waals surface area (Å²) in [6.45, 7) is 4.32. The molecule has 0 saturated heterocycles. The molecule has 3 atom stereocenters. The molecular weight excluding hydrogens is 208 g/mol. The van der Waals surface area contributed by atoms with E-state index in [2.05, 4.69) is 18.1 Å². The van der Waals surface area contributed by atoms with Crippen LogP contribution in [0.5, 0.6) is 0 Å². The van der Waals surface area contributed by atoms with Crippen molar-refractivity contribution in [3.05, 3.63) is 17.5 Å². The molecule has 1 aromatic heterocycles. The van der Waals surface area contributed by atoms with Crippen LogP contribution < -0.4 is 0 Å². The summed E-state index contributed by atoms with van der Waals surface area (Å²) in [6.07, 6.45) is 3.56. The highest BCUT2D eigenvalue weighted by Crippen LogP contribution is 2.37. The topological polar surface area (TPSA) is 17.8 Å². The van der Waals surface area contributed by atoms with E-state index in [1.54, 1.807) is 0 Å². The molecule has 0 amide bonds. The molecule has 0 spiro atoms. The van der Waals surface area contributed by atoms with Crippen molar-refractivity contribution < 1.29 is 0 Å². The van der Waals surface area contributed by atoms with E-state index in [0.717, 1.165) is 18.0 Å². The van der Waals surface area contributed by atoms with Gasteiger partial charge >= 0.3 is 0 Å². The summed E-state index contributed by atoms with van der Waals surface area (Å²) in [7, 11) is 2.03. The zero-order chi connectivity index (χ0) is 11.0. The van der Waals surface area contributed by atoms with Crippen molar-refractivity contribution in [2.45, 2.75) is 38.5 Å². The van der Waals surface area contributed by atoms with E-state index < -0.39 is 0 Å². The van der Waals surface area contributed by atoms with Gasteiger partial charge in [0.2, 0.25) is 0 Å². The third kappa shape index (κ3) is 2.20. The second-order valence-electron chi connectivity index (χ2n) is 4.82. The monoisotopic (exact) mass is 226 g/mol. The Morgan fingerprint density at radius 1 is 1.53 bits per heavy atom. The van der Waals surface area contributed by atoms with Crippen LogP contribution >= 0.6 is 11.6 Å². The molecule has 2 nitrogen and oxygen atoms in total. The van der Waals surface area contributed by atoms with Crippen molar-refractivity contribution in [2.24, 2.45) is 18.9 Å². The molecule has 0 aromatic carbocycles. The summed E-state index contributed by atoms with van der Waals surface area (Å²) < 4.78 is 2.00. The van der Waals surface area contributed by atoms with Crippen molar-refractivity contribution in [1.29, 1.82) is 0 Å². The maximum absolute atomic E-state index is 6.25. The Morgan fingerprint density at radius 3 is 2.73 bits per heavy atom. The zero-order valence-corrected chi connectivity index (χ0v) is 10.5. The lowest BCUT2D eigenvalue weighted by Crippen LogP contribution is -2.14. The zero-order valence-electron chi connectivity index (χ0n) is 9.70. The van der Waals surface area contributed by atoms with Crippen LogP contribution in [0.3, 0.4) is 0 Å². The number of alkyl halides is 1. The maximum atomic E-state index is 6.25. The van der Waals surface area contributed by atoms with Crippen molar-refractivity contribution in [1.82, 2.24) is 9.78 Å². The van der Waals surface area contributed by atoms with E-state index >= 15 is 0 Å². The highest BCUT2D eigenvalue weighted by atomic mass is 35.5. The van der Waals surface area contributed by atoms with Gasteiger partial charge in [0.05, 0.1) is 5.69 Å². The van der Waals surface area contributed by atoms with Gasteiger partial charge in [-0.25, -0.2) is 0 Å². The maximum Gasteiger partial charge on any atom is 0.0596 e. The third-order valence-corrected chi connectivity index (χ3v) is 4.31. The minimum absolute atomic E-state index is 0.379. The van der Waals surface area contributed by atoms with Crippen LogP contribution in [0.25, 0.3) is 0 Å². The van der Waals surface area contributed by atoms with E-state index in [-0.39, 0.29) is 0 Å². The Morgan fingerprint density at radius 2 is 2.27 bits per heavy atom. The van der Waals surface area contributed by atoms with Crippen molar-refractivity contribution in [3.8, 4) is 0 Å². The molecule has 15 heavy (non-hydrogen) atoms. The largest absolute Gasteiger partial charge is 0.272 e. The first kappa shape index (κ1) is 11.0. The third-order valence-electron chi connectivity index (χ3n) is 3.70. The minimum Gasteiger partial charge on any atom is -0.272 e. The average molecular weight is 227 g/mol. The van der Waals surface area contributed by atoms with Gasteiger partial charge in [0.1, 0.15) is 0 Å². The Hall–Kier alpha value is -0.500. The smallest absolute Gasteiger partial charge is 0.0596 e. The fourth-order valence-electron chi connectivity index (χ4n) is 2.61. The summed E-state index contributed by atoms with van der Waals surface area (Å²) in [6, 6.07) is 2.19. The minimum atomic E-state index is 0.379. The van der Waals surface area contributed by atoms with Crippen LogP contribution in [-0.2, 0) is 13.5 Å². The van der Waals surface area contributed by atoms with Crippen molar-refractivity contribution in [2.75, 3.05) is 0 Å². The Kier molecular flexibility index (Phi) is 3.06. The molecule has 1 saturated carbocycles. The predicted molar refractivity (Wildman–Crippen MR) is 63.2 cm³/mol. The summed E-state index contributed by atoms with van der Waals surface area (Å²) in [5.41, 5.74) is 2.45. The Labute approximate surface area is 96.6 Å². The van der Waals surface area contributed by atoms with Gasteiger partial charge in [-0.15, -0.1) is 11.6 Å². The quantitative estimate of drug-likeness (QED) is 0.710. The molecule has 1 fully saturated rings. The van der Waals surface area contributed by atoms with Crippen LogP contribution in [0.2, 0.25) is 0 Å². The normalized spacial score (nSPS) is 31.1. The van der Waals surface area contributed by atoms with Crippen LogP contribution in [0, 0.1) is 18.8 Å². The summed E-state index contributed by atoms with van der Waals surface area (Å²) >= 11 is 6.25. The highest BCUT2D eigenvalue weighted by molar-refractivity contribution is 6.20. The van der Waals surface area contributed by atoms with E-state index in [1.807, 2.05) is 18.7 Å². The van der Waals surface area contributed by atoms with Gasteiger partial charge in [0, 0.05) is 18.1 Å². The summed E-state index contributed by atoms with van der Waals surface area (Å²) in [4.78, 5) is 0. The second kappa shape index (κ2) is 4.17. The van der Waals surface area contributed by atoms with Gasteiger partial charge in [-0.1, -0.05) is 6.92 Å². The molecule has 2 rings (SSSR count). The molecule has 0 bridgehead atoms. The molecule has 0 radical (unpaired) electrons. The van der Waals surface area contributed by atoms with E-state index in [1.165, 1.54) is 18.5 Å². The van der Waals surface area contributed by atoms with E-state index in [0.29, 0.717) is 11.3 Å². The van der Waals surface area contributed by atoms with Gasteiger partial charge in [-0.3, -0.25) is 4.68 Å². The standard InChI is InChI=1S/C12H19ClN2/c1-8-6-11(15(3)14-8)7-10-4-5-12(13)9(10)2/h6,9-10,12H,4-5,7H2,1-3H3. The van der Waals surface area contributed by atoms with Gasteiger partial charge in [-0.2, -0.15) is 5.10 Å². The Bertz CT molecular complexity index is 345. The second-order valence-corrected chi connectivity index (χ2v) is 5.38. The van der Waals surface area contributed by atoms with Crippen LogP contribution in [0.1, 0.15) is 31.2 Å². The average Bonchev–Trinajstić information content (AvgIpc) is 2.64. The van der Waals surface area contributed by atoms with Crippen LogP contribution in [0.15, 0.2) is 6.07 Å². The molecule has 3 heteroatoms. The fraction of sp³-hybridized carbons (Fsp3) is 0.750. The summed E-state index contributed by atoms with van der Waals surface area (Å²) in [5, 5.41) is 4.76. The number of rotatable bonds is 2. The lowest BCUT2D eigenvalue weighted by atomic mass is 9.93. The molecule has 1 aliphatic rings. The fourth-order valence-corrected chi connectivity index (χ4v) is 2.94. The van der Waals surface area contributed by atoms with Gasteiger partial charge in [0.25, 0.3) is 0 Å². The van der Waals surface area contributed by atoms with E-state index in [9.17, 15) is 0 Å². The molecular formula is C12H19ClN2. The van der Waals surface area contributed by atoms with Gasteiger partial charge < -0.3 is 0 Å². The van der Waals surface area contributed by atoms with Gasteiger partial charge in [0.15, 0.2) is 0 Å².